The van der Waals surface area contributed by atoms with Crippen molar-refractivity contribution in [2.24, 2.45) is 5.92 Å². The lowest BCUT2D eigenvalue weighted by molar-refractivity contribution is -0.136. The van der Waals surface area contributed by atoms with Crippen molar-refractivity contribution in [3.63, 3.8) is 0 Å². The van der Waals surface area contributed by atoms with Gasteiger partial charge in [-0.1, -0.05) is 6.92 Å². The van der Waals surface area contributed by atoms with E-state index >= 15 is 0 Å². The number of β-amino-alcohol motifs (C(OH)–C–C–N with tert-alkyl or cyclic N) is 1. The minimum Gasteiger partial charge on any atom is -0.390 e. The van der Waals surface area contributed by atoms with Gasteiger partial charge in [-0.05, 0) is 18.8 Å². The number of hydrogen-bond acceptors (Lipinski definition) is 3. The molecular weight excluding hydrogens is 192 g/mol. The van der Waals surface area contributed by atoms with Gasteiger partial charge in [0.1, 0.15) is 0 Å². The third-order valence-corrected chi connectivity index (χ3v) is 3.31. The van der Waals surface area contributed by atoms with Crippen LogP contribution in [0.2, 0.25) is 0 Å². The Bertz CT molecular complexity index is 239. The lowest BCUT2D eigenvalue weighted by atomic mass is 10.0. The van der Waals surface area contributed by atoms with E-state index in [-0.39, 0.29) is 12.0 Å². The molecule has 0 aromatic carbocycles. The number of rotatable bonds is 2. The lowest BCUT2D eigenvalue weighted by Crippen LogP contribution is -2.55. The zero-order chi connectivity index (χ0) is 10.8. The summed E-state index contributed by atoms with van der Waals surface area (Å²) in [4.78, 5) is 15.8. The molecule has 1 atom stereocenters. The van der Waals surface area contributed by atoms with Gasteiger partial charge in [0, 0.05) is 26.2 Å². The minimum absolute atomic E-state index is 0.210. The summed E-state index contributed by atoms with van der Waals surface area (Å²) in [6, 6.07) is 0. The molecule has 4 heteroatoms. The molecule has 86 valence electrons. The van der Waals surface area contributed by atoms with Crippen LogP contribution in [0.1, 0.15) is 19.8 Å². The maximum atomic E-state index is 11.9. The number of hydrogen-bond donors (Lipinski definition) is 1. The largest absolute Gasteiger partial charge is 0.390 e. The molecule has 4 nitrogen and oxygen atoms in total. The molecule has 0 spiro atoms. The molecule has 1 unspecified atom stereocenters. The van der Waals surface area contributed by atoms with Gasteiger partial charge in [-0.3, -0.25) is 9.69 Å². The molecule has 1 N–H and O–H groups in total. The molecule has 0 aromatic rings. The molecular formula is C11H20N2O2. The van der Waals surface area contributed by atoms with Crippen molar-refractivity contribution in [3.8, 4) is 0 Å². The van der Waals surface area contributed by atoms with Crippen LogP contribution in [-0.4, -0.2) is 59.6 Å². The Morgan fingerprint density at radius 3 is 2.73 bits per heavy atom. The zero-order valence-corrected chi connectivity index (χ0v) is 9.35. The molecule has 2 heterocycles. The number of aliphatic hydroxyl groups is 1. The van der Waals surface area contributed by atoms with E-state index in [9.17, 15) is 4.79 Å². The average molecular weight is 212 g/mol. The second kappa shape index (κ2) is 4.49. The van der Waals surface area contributed by atoms with E-state index in [0.29, 0.717) is 25.6 Å². The summed E-state index contributed by atoms with van der Waals surface area (Å²) in [7, 11) is 0. The monoisotopic (exact) mass is 212 g/mol. The fourth-order valence-corrected chi connectivity index (χ4v) is 2.38. The van der Waals surface area contributed by atoms with Gasteiger partial charge in [0.2, 0.25) is 5.91 Å². The normalized spacial score (nSPS) is 28.9. The van der Waals surface area contributed by atoms with Gasteiger partial charge < -0.3 is 10.0 Å². The highest BCUT2D eigenvalue weighted by atomic mass is 16.3. The maximum Gasteiger partial charge on any atom is 0.236 e. The van der Waals surface area contributed by atoms with E-state index in [2.05, 4.69) is 6.92 Å². The Hall–Kier alpha value is -0.610. The number of nitrogens with zero attached hydrogens (tertiary/aromatic N) is 2. The van der Waals surface area contributed by atoms with Crippen LogP contribution in [0, 0.1) is 5.92 Å². The van der Waals surface area contributed by atoms with E-state index in [1.165, 1.54) is 6.42 Å². The molecule has 15 heavy (non-hydrogen) atoms. The molecule has 2 fully saturated rings. The molecule has 0 aliphatic carbocycles. The highest BCUT2D eigenvalue weighted by Crippen LogP contribution is 2.16. The average Bonchev–Trinajstić information content (AvgIpc) is 2.15. The van der Waals surface area contributed by atoms with Crippen molar-refractivity contribution in [2.45, 2.75) is 25.9 Å². The molecule has 0 aromatic heterocycles. The first kappa shape index (κ1) is 10.9. The van der Waals surface area contributed by atoms with Crippen molar-refractivity contribution < 1.29 is 9.90 Å². The Morgan fingerprint density at radius 1 is 1.40 bits per heavy atom. The Balaban J connectivity index is 1.75. The molecule has 0 bridgehead atoms. The number of aliphatic hydroxyl groups excluding tert-OH is 1. The van der Waals surface area contributed by atoms with Crippen LogP contribution in [0.3, 0.4) is 0 Å². The number of carbonyl (C=O) groups excluding carboxylic acids is 1. The first-order valence-corrected chi connectivity index (χ1v) is 5.83. The fraction of sp³-hybridized carbons (Fsp3) is 0.909. The topological polar surface area (TPSA) is 43.8 Å². The molecule has 1 amide bonds. The zero-order valence-electron chi connectivity index (χ0n) is 9.35. The highest BCUT2D eigenvalue weighted by molar-refractivity contribution is 5.78. The Kier molecular flexibility index (Phi) is 3.26. The molecule has 0 radical (unpaired) electrons. The van der Waals surface area contributed by atoms with Crippen molar-refractivity contribution in [1.29, 1.82) is 0 Å². The van der Waals surface area contributed by atoms with Crippen LogP contribution in [-0.2, 0) is 4.79 Å². The predicted molar refractivity (Wildman–Crippen MR) is 57.4 cm³/mol. The molecule has 2 aliphatic heterocycles. The summed E-state index contributed by atoms with van der Waals surface area (Å²) in [6.45, 7) is 5.84. The van der Waals surface area contributed by atoms with Crippen LogP contribution in [0.25, 0.3) is 0 Å². The third-order valence-electron chi connectivity index (χ3n) is 3.31. The summed E-state index contributed by atoms with van der Waals surface area (Å²) < 4.78 is 0. The second-order valence-corrected chi connectivity index (χ2v) is 4.94. The molecule has 2 saturated heterocycles. The van der Waals surface area contributed by atoms with Crippen molar-refractivity contribution in [1.82, 2.24) is 9.80 Å². The molecule has 0 saturated carbocycles. The van der Waals surface area contributed by atoms with Gasteiger partial charge in [0.15, 0.2) is 0 Å². The summed E-state index contributed by atoms with van der Waals surface area (Å²) in [6.07, 6.45) is 2.17. The smallest absolute Gasteiger partial charge is 0.236 e. The van der Waals surface area contributed by atoms with Crippen LogP contribution < -0.4 is 0 Å². The van der Waals surface area contributed by atoms with Crippen molar-refractivity contribution >= 4 is 5.91 Å². The van der Waals surface area contributed by atoms with Gasteiger partial charge in [0.25, 0.3) is 0 Å². The van der Waals surface area contributed by atoms with E-state index in [1.807, 2.05) is 9.80 Å². The quantitative estimate of drug-likeness (QED) is 0.696. The number of carbonyl (C=O) groups is 1. The standard InChI is InChI=1S/C11H20N2O2/c1-9-3-2-4-13(5-9)11(15)8-12-6-10(14)7-12/h9-10,14H,2-8H2,1H3. The van der Waals surface area contributed by atoms with Gasteiger partial charge in [0.05, 0.1) is 12.6 Å². The van der Waals surface area contributed by atoms with E-state index in [4.69, 9.17) is 5.11 Å². The van der Waals surface area contributed by atoms with Gasteiger partial charge >= 0.3 is 0 Å². The Morgan fingerprint density at radius 2 is 2.13 bits per heavy atom. The van der Waals surface area contributed by atoms with Crippen LogP contribution >= 0.6 is 0 Å². The lowest BCUT2D eigenvalue weighted by Gasteiger charge is -2.38. The first-order valence-electron chi connectivity index (χ1n) is 5.83. The van der Waals surface area contributed by atoms with Gasteiger partial charge in [-0.2, -0.15) is 0 Å². The predicted octanol–water partition coefficient (Wildman–Crippen LogP) is -0.0786. The van der Waals surface area contributed by atoms with Crippen LogP contribution in [0.15, 0.2) is 0 Å². The highest BCUT2D eigenvalue weighted by Gasteiger charge is 2.28. The maximum absolute atomic E-state index is 11.9. The van der Waals surface area contributed by atoms with Crippen LogP contribution in [0.4, 0.5) is 0 Å². The first-order chi connectivity index (χ1) is 7.15. The third kappa shape index (κ3) is 2.69. The second-order valence-electron chi connectivity index (χ2n) is 4.94. The number of piperidine rings is 1. The van der Waals surface area contributed by atoms with Gasteiger partial charge in [-0.15, -0.1) is 0 Å². The fourth-order valence-electron chi connectivity index (χ4n) is 2.38. The summed E-state index contributed by atoms with van der Waals surface area (Å²) in [5, 5.41) is 9.12. The van der Waals surface area contributed by atoms with E-state index < -0.39 is 0 Å². The summed E-state index contributed by atoms with van der Waals surface area (Å²) >= 11 is 0. The number of amides is 1. The molecule has 2 aliphatic rings. The minimum atomic E-state index is -0.210. The van der Waals surface area contributed by atoms with E-state index in [0.717, 1.165) is 19.5 Å². The van der Waals surface area contributed by atoms with Crippen molar-refractivity contribution in [3.05, 3.63) is 0 Å². The Labute approximate surface area is 90.9 Å². The van der Waals surface area contributed by atoms with Gasteiger partial charge in [-0.25, -0.2) is 0 Å². The summed E-state index contributed by atoms with van der Waals surface area (Å²) in [5.41, 5.74) is 0. The SMILES string of the molecule is CC1CCCN(C(=O)CN2CC(O)C2)C1. The summed E-state index contributed by atoms with van der Waals surface area (Å²) in [5.74, 6) is 0.873. The van der Waals surface area contributed by atoms with Crippen molar-refractivity contribution in [2.75, 3.05) is 32.7 Å². The number of likely N-dealkylation sites (tertiary alicyclic amines) is 2. The van der Waals surface area contributed by atoms with Crippen LogP contribution in [0.5, 0.6) is 0 Å². The van der Waals surface area contributed by atoms with E-state index in [1.54, 1.807) is 0 Å². The molecule has 2 rings (SSSR count).